The number of hydrogen-bond donors (Lipinski definition) is 0. The topological polar surface area (TPSA) is 24.3 Å². The predicted octanol–water partition coefficient (Wildman–Crippen LogP) is 4.67. The molecule has 1 aromatic heterocycles. The van der Waals surface area contributed by atoms with Crippen molar-refractivity contribution in [2.75, 3.05) is 29.4 Å². The van der Waals surface area contributed by atoms with Crippen LogP contribution in [-0.4, -0.2) is 29.4 Å². The summed E-state index contributed by atoms with van der Waals surface area (Å²) in [5.74, 6) is 2.47. The molecule has 0 saturated carbocycles. The van der Waals surface area contributed by atoms with Gasteiger partial charge in [-0.2, -0.15) is 5.10 Å². The Labute approximate surface area is 152 Å². The maximum absolute atomic E-state index is 4.97. The van der Waals surface area contributed by atoms with Gasteiger partial charge in [0.25, 0.3) is 0 Å². The van der Waals surface area contributed by atoms with Gasteiger partial charge in [0, 0.05) is 37.9 Å². The van der Waals surface area contributed by atoms with Gasteiger partial charge in [0.1, 0.15) is 5.82 Å². The van der Waals surface area contributed by atoms with Crippen LogP contribution < -0.4 is 9.80 Å². The van der Waals surface area contributed by atoms with Crippen molar-refractivity contribution in [1.29, 1.82) is 0 Å². The van der Waals surface area contributed by atoms with Gasteiger partial charge in [0.2, 0.25) is 0 Å². The lowest BCUT2D eigenvalue weighted by Gasteiger charge is -2.31. The van der Waals surface area contributed by atoms with Crippen LogP contribution in [0.3, 0.4) is 0 Å². The molecule has 1 aliphatic rings. The van der Waals surface area contributed by atoms with Gasteiger partial charge in [-0.15, -0.1) is 0 Å². The Morgan fingerprint density at radius 3 is 2.40 bits per heavy atom. The Balaban J connectivity index is 2.10. The van der Waals surface area contributed by atoms with E-state index in [-0.39, 0.29) is 0 Å². The lowest BCUT2D eigenvalue weighted by Crippen LogP contribution is -2.29. The van der Waals surface area contributed by atoms with Gasteiger partial charge < -0.3 is 9.80 Å². The molecule has 0 spiro atoms. The first-order valence-electron chi connectivity index (χ1n) is 9.64. The van der Waals surface area contributed by atoms with Gasteiger partial charge in [-0.25, -0.2) is 0 Å². The summed E-state index contributed by atoms with van der Waals surface area (Å²) in [4.78, 5) is 4.93. The minimum Gasteiger partial charge on any atom is -0.357 e. The van der Waals surface area contributed by atoms with Crippen molar-refractivity contribution >= 4 is 17.3 Å². The van der Waals surface area contributed by atoms with Crippen LogP contribution >= 0.6 is 0 Å². The summed E-state index contributed by atoms with van der Waals surface area (Å²) >= 11 is 0. The largest absolute Gasteiger partial charge is 0.357 e. The molecule has 0 fully saturated rings. The van der Waals surface area contributed by atoms with Crippen molar-refractivity contribution in [2.45, 2.75) is 53.9 Å². The molecule has 0 radical (unpaired) electrons. The molecule has 1 aliphatic heterocycles. The van der Waals surface area contributed by atoms with Crippen LogP contribution in [0.5, 0.6) is 0 Å². The van der Waals surface area contributed by atoms with Crippen LogP contribution in [0, 0.1) is 20.8 Å². The van der Waals surface area contributed by atoms with Gasteiger partial charge in [-0.1, -0.05) is 24.6 Å². The molecule has 0 atom stereocenters. The van der Waals surface area contributed by atoms with E-state index in [0.29, 0.717) is 0 Å². The average molecular weight is 341 g/mol. The molecule has 3 rings (SSSR count). The van der Waals surface area contributed by atoms with Crippen LogP contribution in [0.15, 0.2) is 12.1 Å². The molecule has 0 bridgehead atoms. The monoisotopic (exact) mass is 340 g/mol. The van der Waals surface area contributed by atoms with Crippen molar-refractivity contribution in [1.82, 2.24) is 9.78 Å². The summed E-state index contributed by atoms with van der Waals surface area (Å²) in [7, 11) is 2.10. The number of aromatic nitrogens is 2. The number of anilines is 3. The molecule has 0 aliphatic carbocycles. The minimum absolute atomic E-state index is 1.03. The van der Waals surface area contributed by atoms with Crippen LogP contribution in [-0.2, 0) is 13.5 Å². The molecule has 0 amide bonds. The molecule has 2 aromatic rings. The van der Waals surface area contributed by atoms with Gasteiger partial charge >= 0.3 is 0 Å². The zero-order valence-corrected chi connectivity index (χ0v) is 16.7. The number of aryl methyl sites for hydroxylation is 4. The van der Waals surface area contributed by atoms with E-state index in [1.165, 1.54) is 40.2 Å². The third-order valence-corrected chi connectivity index (χ3v) is 5.24. The Kier molecular flexibility index (Phi) is 5.07. The van der Waals surface area contributed by atoms with Gasteiger partial charge in [0.15, 0.2) is 5.82 Å². The molecule has 0 N–H and O–H groups in total. The van der Waals surface area contributed by atoms with E-state index in [0.717, 1.165) is 38.3 Å². The molecular weight excluding hydrogens is 308 g/mol. The zero-order valence-electron chi connectivity index (χ0n) is 16.7. The number of fused-ring (bicyclic) bond motifs is 1. The molecule has 25 heavy (non-hydrogen) atoms. The third-order valence-electron chi connectivity index (χ3n) is 5.24. The second kappa shape index (κ2) is 7.11. The maximum Gasteiger partial charge on any atom is 0.160 e. The van der Waals surface area contributed by atoms with Crippen LogP contribution in [0.25, 0.3) is 0 Å². The normalized spacial score (nSPS) is 13.9. The van der Waals surface area contributed by atoms with Crippen molar-refractivity contribution < 1.29 is 0 Å². The van der Waals surface area contributed by atoms with Crippen molar-refractivity contribution in [3.63, 3.8) is 0 Å². The molecule has 4 nitrogen and oxygen atoms in total. The summed E-state index contributed by atoms with van der Waals surface area (Å²) in [6.45, 7) is 14.3. The predicted molar refractivity (Wildman–Crippen MR) is 107 cm³/mol. The fourth-order valence-electron chi connectivity index (χ4n) is 4.40. The molecule has 1 aromatic carbocycles. The summed E-state index contributed by atoms with van der Waals surface area (Å²) in [6.07, 6.45) is 3.47. The first-order valence-corrected chi connectivity index (χ1v) is 9.64. The lowest BCUT2D eigenvalue weighted by atomic mass is 10.0. The molecule has 0 saturated heterocycles. The van der Waals surface area contributed by atoms with Crippen LogP contribution in [0.1, 0.15) is 48.9 Å². The van der Waals surface area contributed by atoms with Crippen molar-refractivity contribution in [3.8, 4) is 0 Å². The van der Waals surface area contributed by atoms with Crippen LogP contribution in [0.4, 0.5) is 17.3 Å². The Bertz CT molecular complexity index is 736. The molecule has 2 heterocycles. The van der Waals surface area contributed by atoms with Gasteiger partial charge in [0.05, 0.1) is 0 Å². The second-order valence-corrected chi connectivity index (χ2v) is 7.33. The maximum atomic E-state index is 4.97. The quantitative estimate of drug-likeness (QED) is 0.791. The summed E-state index contributed by atoms with van der Waals surface area (Å²) in [5, 5.41) is 4.97. The van der Waals surface area contributed by atoms with E-state index in [4.69, 9.17) is 5.10 Å². The van der Waals surface area contributed by atoms with E-state index in [9.17, 15) is 0 Å². The molecule has 136 valence electrons. The Morgan fingerprint density at radius 2 is 1.80 bits per heavy atom. The van der Waals surface area contributed by atoms with Crippen LogP contribution in [0.2, 0.25) is 0 Å². The first-order chi connectivity index (χ1) is 12.0. The molecule has 0 unspecified atom stereocenters. The number of rotatable bonds is 5. The van der Waals surface area contributed by atoms with Gasteiger partial charge in [-0.05, 0) is 58.1 Å². The van der Waals surface area contributed by atoms with Gasteiger partial charge in [-0.3, -0.25) is 4.68 Å². The number of benzene rings is 1. The summed E-state index contributed by atoms with van der Waals surface area (Å²) < 4.78 is 2.10. The van der Waals surface area contributed by atoms with Crippen molar-refractivity contribution in [2.24, 2.45) is 7.05 Å². The Morgan fingerprint density at radius 1 is 1.12 bits per heavy atom. The average Bonchev–Trinajstić information content (AvgIpc) is 2.88. The number of nitrogens with zero attached hydrogens (tertiary/aromatic N) is 4. The highest BCUT2D eigenvalue weighted by Crippen LogP contribution is 2.40. The smallest absolute Gasteiger partial charge is 0.160 e. The summed E-state index contributed by atoms with van der Waals surface area (Å²) in [6, 6.07) is 4.58. The van der Waals surface area contributed by atoms with E-state index >= 15 is 0 Å². The lowest BCUT2D eigenvalue weighted by molar-refractivity contribution is 0.700. The van der Waals surface area contributed by atoms with E-state index in [2.05, 4.69) is 68.3 Å². The second-order valence-electron chi connectivity index (χ2n) is 7.33. The third kappa shape index (κ3) is 3.14. The fourth-order valence-corrected chi connectivity index (χ4v) is 4.40. The Hall–Kier alpha value is -1.97. The number of hydrogen-bond acceptors (Lipinski definition) is 3. The van der Waals surface area contributed by atoms with E-state index in [1.54, 1.807) is 0 Å². The van der Waals surface area contributed by atoms with E-state index in [1.807, 2.05) is 0 Å². The SMILES string of the molecule is CCCN(CC)c1c2c(nn1C)N(c1c(C)cc(C)cc1C)CCC2. The fraction of sp³-hybridized carbons (Fsp3) is 0.571. The highest BCUT2D eigenvalue weighted by molar-refractivity contribution is 5.74. The summed E-state index contributed by atoms with van der Waals surface area (Å²) in [5.41, 5.74) is 6.79. The van der Waals surface area contributed by atoms with E-state index < -0.39 is 0 Å². The standard InChI is InChI=1S/C21H32N4/c1-7-11-24(8-2)21-18-10-9-12-25(20(18)22-23(21)6)19-16(4)13-15(3)14-17(19)5/h13-14H,7-12H2,1-6H3. The van der Waals surface area contributed by atoms with Crippen molar-refractivity contribution in [3.05, 3.63) is 34.4 Å². The first kappa shape index (κ1) is 17.8. The molecular formula is C21H32N4. The highest BCUT2D eigenvalue weighted by Gasteiger charge is 2.29. The molecule has 4 heteroatoms. The zero-order chi connectivity index (χ0) is 18.1. The highest BCUT2D eigenvalue weighted by atomic mass is 15.4. The minimum atomic E-state index is 1.03.